The smallest absolute Gasteiger partial charge is 0.340 e. The van der Waals surface area contributed by atoms with Crippen molar-refractivity contribution in [3.05, 3.63) is 47.7 Å². The van der Waals surface area contributed by atoms with E-state index >= 15 is 0 Å². The Bertz CT molecular complexity index is 1220. The minimum Gasteiger partial charge on any atom is -0.493 e. The summed E-state index contributed by atoms with van der Waals surface area (Å²) in [4.78, 5) is 12.4. The van der Waals surface area contributed by atoms with Gasteiger partial charge in [-0.1, -0.05) is 0 Å². The molecule has 0 atom stereocenters. The van der Waals surface area contributed by atoms with Gasteiger partial charge in [0.2, 0.25) is 11.6 Å². The normalized spacial score (nSPS) is 10.8. The van der Waals surface area contributed by atoms with Crippen molar-refractivity contribution in [2.45, 2.75) is 13.5 Å². The van der Waals surface area contributed by atoms with Crippen LogP contribution < -0.4 is 14.2 Å². The largest absolute Gasteiger partial charge is 0.493 e. The lowest BCUT2D eigenvalue weighted by Gasteiger charge is -2.12. The van der Waals surface area contributed by atoms with Gasteiger partial charge in [0, 0.05) is 11.8 Å². The highest BCUT2D eigenvalue weighted by Gasteiger charge is 2.18. The molecule has 0 aliphatic heterocycles. The van der Waals surface area contributed by atoms with E-state index in [1.165, 1.54) is 21.3 Å². The lowest BCUT2D eigenvalue weighted by molar-refractivity contribution is 0.0438. The molecule has 160 valence electrons. The predicted molar refractivity (Wildman–Crippen MR) is 106 cm³/mol. The van der Waals surface area contributed by atoms with E-state index in [-0.39, 0.29) is 18.4 Å². The summed E-state index contributed by atoms with van der Waals surface area (Å²) >= 11 is 0. The third-order valence-electron chi connectivity index (χ3n) is 4.51. The average molecular weight is 425 g/mol. The monoisotopic (exact) mass is 425 g/mol. The fourth-order valence-electron chi connectivity index (χ4n) is 2.97. The van der Waals surface area contributed by atoms with Gasteiger partial charge in [-0.25, -0.2) is 4.79 Å². The van der Waals surface area contributed by atoms with Crippen LogP contribution in [0, 0.1) is 6.92 Å². The van der Waals surface area contributed by atoms with Crippen LogP contribution >= 0.6 is 0 Å². The molecular weight excluding hydrogens is 406 g/mol. The molecule has 0 amide bonds. The van der Waals surface area contributed by atoms with Crippen LogP contribution in [-0.4, -0.2) is 52.1 Å². The van der Waals surface area contributed by atoms with E-state index in [1.54, 1.807) is 41.8 Å². The second-order valence-electron chi connectivity index (χ2n) is 6.38. The van der Waals surface area contributed by atoms with Crippen LogP contribution in [-0.2, 0) is 11.3 Å². The third kappa shape index (κ3) is 3.84. The van der Waals surface area contributed by atoms with E-state index in [0.29, 0.717) is 39.8 Å². The first-order valence-electron chi connectivity index (χ1n) is 9.15. The van der Waals surface area contributed by atoms with Crippen molar-refractivity contribution in [1.29, 1.82) is 0 Å². The van der Waals surface area contributed by atoms with Gasteiger partial charge in [-0.05, 0) is 31.2 Å². The molecule has 0 bridgehead atoms. The van der Waals surface area contributed by atoms with Crippen molar-refractivity contribution < 1.29 is 28.2 Å². The summed E-state index contributed by atoms with van der Waals surface area (Å²) in [5.41, 5.74) is 1.55. The zero-order valence-electron chi connectivity index (χ0n) is 17.3. The van der Waals surface area contributed by atoms with Crippen molar-refractivity contribution in [3.63, 3.8) is 0 Å². The van der Waals surface area contributed by atoms with Crippen molar-refractivity contribution in [1.82, 2.24) is 24.8 Å². The first-order valence-corrected chi connectivity index (χ1v) is 9.15. The number of carbonyl (C=O) groups is 1. The fourth-order valence-corrected chi connectivity index (χ4v) is 2.97. The first-order chi connectivity index (χ1) is 15.0. The summed E-state index contributed by atoms with van der Waals surface area (Å²) in [6, 6.07) is 6.66. The Morgan fingerprint density at radius 1 is 1.00 bits per heavy atom. The van der Waals surface area contributed by atoms with Gasteiger partial charge in [0.1, 0.15) is 5.82 Å². The van der Waals surface area contributed by atoms with E-state index in [4.69, 9.17) is 23.4 Å². The SMILES string of the molecule is COc1cc(-c2nnc(COC(=O)c3ccc4nnc(C)n4c3)o2)cc(OC)c1OC. The van der Waals surface area contributed by atoms with E-state index in [2.05, 4.69) is 20.4 Å². The summed E-state index contributed by atoms with van der Waals surface area (Å²) < 4.78 is 28.6. The number of esters is 1. The Morgan fingerprint density at radius 2 is 1.74 bits per heavy atom. The van der Waals surface area contributed by atoms with E-state index in [0.717, 1.165) is 0 Å². The van der Waals surface area contributed by atoms with Crippen molar-refractivity contribution >= 4 is 11.6 Å². The van der Waals surface area contributed by atoms with Crippen LogP contribution in [0.4, 0.5) is 0 Å². The lowest BCUT2D eigenvalue weighted by atomic mass is 10.2. The van der Waals surface area contributed by atoms with Crippen LogP contribution in [0.3, 0.4) is 0 Å². The Balaban J connectivity index is 1.50. The Kier molecular flexibility index (Phi) is 5.39. The van der Waals surface area contributed by atoms with Gasteiger partial charge >= 0.3 is 5.97 Å². The minimum absolute atomic E-state index is 0.138. The molecular formula is C20H19N5O6. The summed E-state index contributed by atoms with van der Waals surface area (Å²) in [7, 11) is 4.54. The molecule has 3 aromatic heterocycles. The van der Waals surface area contributed by atoms with Crippen LogP contribution in [0.25, 0.3) is 17.1 Å². The molecule has 31 heavy (non-hydrogen) atoms. The fraction of sp³-hybridized carbons (Fsp3) is 0.250. The molecule has 0 saturated carbocycles. The van der Waals surface area contributed by atoms with E-state index in [1.807, 2.05) is 0 Å². The number of fused-ring (bicyclic) bond motifs is 1. The standard InChI is InChI=1S/C20H19N5O6/c1-11-21-22-16-6-5-12(9-25(11)16)20(26)30-10-17-23-24-19(31-17)13-7-14(27-2)18(29-4)15(8-13)28-3/h5-9H,10H2,1-4H3. The number of aromatic nitrogens is 5. The molecule has 3 heterocycles. The summed E-state index contributed by atoms with van der Waals surface area (Å²) in [5.74, 6) is 1.82. The number of methoxy groups -OCH3 is 3. The number of hydrogen-bond donors (Lipinski definition) is 0. The number of carbonyl (C=O) groups excluding carboxylic acids is 1. The van der Waals surface area contributed by atoms with Gasteiger partial charge in [-0.2, -0.15) is 0 Å². The quantitative estimate of drug-likeness (QED) is 0.408. The number of rotatable bonds is 7. The van der Waals surface area contributed by atoms with Crippen molar-refractivity contribution in [2.24, 2.45) is 0 Å². The van der Waals surface area contributed by atoms with Crippen molar-refractivity contribution in [2.75, 3.05) is 21.3 Å². The number of ether oxygens (including phenoxy) is 4. The van der Waals surface area contributed by atoms with E-state index in [9.17, 15) is 4.79 Å². The number of pyridine rings is 1. The lowest BCUT2D eigenvalue weighted by Crippen LogP contribution is -2.07. The van der Waals surface area contributed by atoms with E-state index < -0.39 is 5.97 Å². The van der Waals surface area contributed by atoms with Gasteiger partial charge in [0.15, 0.2) is 23.8 Å². The second kappa shape index (κ2) is 8.30. The zero-order chi connectivity index (χ0) is 22.0. The molecule has 0 aliphatic rings. The molecule has 0 fully saturated rings. The molecule has 0 radical (unpaired) electrons. The molecule has 0 aliphatic carbocycles. The topological polar surface area (TPSA) is 123 Å². The molecule has 11 heteroatoms. The number of hydrogen-bond acceptors (Lipinski definition) is 10. The second-order valence-corrected chi connectivity index (χ2v) is 6.38. The molecule has 0 saturated heterocycles. The molecule has 11 nitrogen and oxygen atoms in total. The highest BCUT2D eigenvalue weighted by molar-refractivity contribution is 5.89. The number of aryl methyl sites for hydroxylation is 1. The molecule has 4 rings (SSSR count). The van der Waals surface area contributed by atoms with Gasteiger partial charge in [0.05, 0.1) is 26.9 Å². The first kappa shape index (κ1) is 20.1. The van der Waals surface area contributed by atoms with Crippen molar-refractivity contribution in [3.8, 4) is 28.7 Å². The summed E-state index contributed by atoms with van der Waals surface area (Å²) in [6.45, 7) is 1.60. The van der Waals surface area contributed by atoms with Crippen LogP contribution in [0.5, 0.6) is 17.2 Å². The van der Waals surface area contributed by atoms with Crippen LogP contribution in [0.2, 0.25) is 0 Å². The minimum atomic E-state index is -0.539. The maximum absolute atomic E-state index is 12.4. The molecule has 1 aromatic carbocycles. The maximum atomic E-state index is 12.4. The molecule has 0 unspecified atom stereocenters. The Hall–Kier alpha value is -4.15. The summed E-state index contributed by atoms with van der Waals surface area (Å²) in [5, 5.41) is 15.9. The Morgan fingerprint density at radius 3 is 2.42 bits per heavy atom. The molecule has 4 aromatic rings. The Labute approximate surface area is 176 Å². The molecule has 0 N–H and O–H groups in total. The summed E-state index contributed by atoms with van der Waals surface area (Å²) in [6.07, 6.45) is 1.61. The molecule has 0 spiro atoms. The zero-order valence-corrected chi connectivity index (χ0v) is 17.3. The third-order valence-corrected chi connectivity index (χ3v) is 4.51. The maximum Gasteiger partial charge on any atom is 0.340 e. The number of benzene rings is 1. The van der Waals surface area contributed by atoms with Crippen LogP contribution in [0.1, 0.15) is 22.1 Å². The number of nitrogens with zero attached hydrogens (tertiary/aromatic N) is 5. The van der Waals surface area contributed by atoms with Gasteiger partial charge < -0.3 is 23.4 Å². The van der Waals surface area contributed by atoms with Crippen LogP contribution in [0.15, 0.2) is 34.9 Å². The average Bonchev–Trinajstić information content (AvgIpc) is 3.43. The highest BCUT2D eigenvalue weighted by atomic mass is 16.5. The van der Waals surface area contributed by atoms with Gasteiger partial charge in [-0.3, -0.25) is 4.40 Å². The van der Waals surface area contributed by atoms with Gasteiger partial charge in [0.25, 0.3) is 5.89 Å². The highest BCUT2D eigenvalue weighted by Crippen LogP contribution is 2.40. The van der Waals surface area contributed by atoms with Gasteiger partial charge in [-0.15, -0.1) is 20.4 Å². The predicted octanol–water partition coefficient (Wildman–Crippen LogP) is 2.47.